The van der Waals surface area contributed by atoms with Crippen LogP contribution in [0.3, 0.4) is 0 Å². The molecule has 1 aliphatic rings. The zero-order chi connectivity index (χ0) is 17.2. The van der Waals surface area contributed by atoms with Gasteiger partial charge < -0.3 is 13.9 Å². The number of carbonyl (C=O) groups excluding carboxylic acids is 1. The molecule has 1 amide bonds. The highest BCUT2D eigenvalue weighted by molar-refractivity contribution is 5.77. The van der Waals surface area contributed by atoms with Gasteiger partial charge >= 0.3 is 0 Å². The average molecular weight is 338 g/mol. The predicted molar refractivity (Wildman–Crippen MR) is 94.1 cm³/mol. The van der Waals surface area contributed by atoms with Crippen LogP contribution in [0.1, 0.15) is 37.0 Å². The van der Waals surface area contributed by atoms with Gasteiger partial charge in [-0.1, -0.05) is 12.1 Å². The summed E-state index contributed by atoms with van der Waals surface area (Å²) < 4.78 is 7.89. The lowest BCUT2D eigenvalue weighted by molar-refractivity contribution is -0.132. The van der Waals surface area contributed by atoms with Crippen molar-refractivity contribution in [1.29, 1.82) is 0 Å². The highest BCUT2D eigenvalue weighted by atomic mass is 16.3. The first kappa shape index (κ1) is 15.9. The average Bonchev–Trinajstić information content (AvgIpc) is 3.25. The van der Waals surface area contributed by atoms with Gasteiger partial charge in [0.05, 0.1) is 6.04 Å². The molecule has 0 bridgehead atoms. The Bertz CT molecular complexity index is 849. The van der Waals surface area contributed by atoms with Crippen LogP contribution in [-0.2, 0) is 11.2 Å². The van der Waals surface area contributed by atoms with E-state index in [2.05, 4.69) is 14.5 Å². The number of carbonyl (C=O) groups is 1. The topological polar surface area (TPSA) is 64.2 Å². The van der Waals surface area contributed by atoms with Crippen molar-refractivity contribution in [2.75, 3.05) is 13.1 Å². The van der Waals surface area contributed by atoms with Crippen LogP contribution in [0.15, 0.2) is 41.1 Å². The third-order valence-electron chi connectivity index (χ3n) is 4.90. The molecule has 1 aliphatic heterocycles. The number of piperidine rings is 1. The summed E-state index contributed by atoms with van der Waals surface area (Å²) in [6.45, 7) is 3.59. The lowest BCUT2D eigenvalue weighted by atomic mass is 10.0. The summed E-state index contributed by atoms with van der Waals surface area (Å²) in [6, 6.07) is 8.01. The standard InChI is InChI=1S/C19H22N4O2/c1-14-20-10-12-23(14)15-5-4-11-22(13-15)19(24)9-8-18-21-16-6-2-3-7-17(16)25-18/h2-3,6-7,10,12,15H,4-5,8-9,11,13H2,1H3/t15-/m0/s1. The van der Waals surface area contributed by atoms with Gasteiger partial charge in [0, 0.05) is 38.3 Å². The van der Waals surface area contributed by atoms with E-state index in [0.29, 0.717) is 24.8 Å². The van der Waals surface area contributed by atoms with Crippen LogP contribution < -0.4 is 0 Å². The Morgan fingerprint density at radius 3 is 3.04 bits per heavy atom. The molecule has 2 aromatic heterocycles. The van der Waals surface area contributed by atoms with Crippen molar-refractivity contribution in [3.63, 3.8) is 0 Å². The molecule has 0 N–H and O–H groups in total. The van der Waals surface area contributed by atoms with Crippen molar-refractivity contribution in [3.05, 3.63) is 48.4 Å². The van der Waals surface area contributed by atoms with Gasteiger partial charge in [0.1, 0.15) is 11.3 Å². The second kappa shape index (κ2) is 6.70. The molecule has 25 heavy (non-hydrogen) atoms. The molecule has 1 saturated heterocycles. The minimum absolute atomic E-state index is 0.171. The van der Waals surface area contributed by atoms with Gasteiger partial charge in [0.2, 0.25) is 5.91 Å². The molecular formula is C19H22N4O2. The van der Waals surface area contributed by atoms with E-state index in [1.165, 1.54) is 0 Å². The summed E-state index contributed by atoms with van der Waals surface area (Å²) in [7, 11) is 0. The molecule has 4 rings (SSSR count). The molecule has 3 aromatic rings. The monoisotopic (exact) mass is 338 g/mol. The number of hydrogen-bond acceptors (Lipinski definition) is 4. The van der Waals surface area contributed by atoms with Crippen LogP contribution in [0.5, 0.6) is 0 Å². The SMILES string of the molecule is Cc1nccn1[C@H]1CCCN(C(=O)CCc2nc3ccccc3o2)C1. The number of nitrogens with zero attached hydrogens (tertiary/aromatic N) is 4. The van der Waals surface area contributed by atoms with Gasteiger partial charge in [-0.15, -0.1) is 0 Å². The smallest absolute Gasteiger partial charge is 0.223 e. The van der Waals surface area contributed by atoms with Crippen molar-refractivity contribution >= 4 is 17.0 Å². The Labute approximate surface area is 146 Å². The van der Waals surface area contributed by atoms with Crippen molar-refractivity contribution in [2.45, 2.75) is 38.6 Å². The van der Waals surface area contributed by atoms with Crippen LogP contribution in [0.2, 0.25) is 0 Å². The van der Waals surface area contributed by atoms with Crippen molar-refractivity contribution < 1.29 is 9.21 Å². The third-order valence-corrected chi connectivity index (χ3v) is 4.90. The zero-order valence-corrected chi connectivity index (χ0v) is 14.4. The molecule has 0 spiro atoms. The number of hydrogen-bond donors (Lipinski definition) is 0. The molecule has 0 aliphatic carbocycles. The van der Waals surface area contributed by atoms with Gasteiger partial charge in [0.15, 0.2) is 11.5 Å². The lowest BCUT2D eigenvalue weighted by Crippen LogP contribution is -2.40. The molecule has 3 heterocycles. The number of para-hydroxylation sites is 2. The van der Waals surface area contributed by atoms with E-state index < -0.39 is 0 Å². The first-order valence-electron chi connectivity index (χ1n) is 8.82. The number of rotatable bonds is 4. The van der Waals surface area contributed by atoms with Crippen LogP contribution in [0, 0.1) is 6.92 Å². The normalized spacial score (nSPS) is 18.0. The highest BCUT2D eigenvalue weighted by Gasteiger charge is 2.25. The van der Waals surface area contributed by atoms with Crippen molar-refractivity contribution in [2.24, 2.45) is 0 Å². The van der Waals surface area contributed by atoms with E-state index in [-0.39, 0.29) is 5.91 Å². The second-order valence-corrected chi connectivity index (χ2v) is 6.59. The van der Waals surface area contributed by atoms with E-state index in [4.69, 9.17) is 4.42 Å². The Kier molecular flexibility index (Phi) is 4.26. The maximum atomic E-state index is 12.6. The van der Waals surface area contributed by atoms with Crippen LogP contribution in [0.4, 0.5) is 0 Å². The van der Waals surface area contributed by atoms with Crippen LogP contribution in [-0.4, -0.2) is 38.4 Å². The first-order valence-corrected chi connectivity index (χ1v) is 8.82. The van der Waals surface area contributed by atoms with Crippen molar-refractivity contribution in [1.82, 2.24) is 19.4 Å². The quantitative estimate of drug-likeness (QED) is 0.733. The number of fused-ring (bicyclic) bond motifs is 1. The Morgan fingerprint density at radius 2 is 2.24 bits per heavy atom. The first-order chi connectivity index (χ1) is 12.2. The fourth-order valence-corrected chi connectivity index (χ4v) is 3.58. The number of imidazole rings is 1. The molecule has 1 aromatic carbocycles. The third kappa shape index (κ3) is 3.29. The van der Waals surface area contributed by atoms with Crippen molar-refractivity contribution in [3.8, 4) is 0 Å². The van der Waals surface area contributed by atoms with E-state index in [0.717, 1.165) is 42.9 Å². The zero-order valence-electron chi connectivity index (χ0n) is 14.4. The largest absolute Gasteiger partial charge is 0.441 e. The summed E-state index contributed by atoms with van der Waals surface area (Å²) in [6.07, 6.45) is 6.92. The molecule has 6 nitrogen and oxygen atoms in total. The molecule has 0 radical (unpaired) electrons. The lowest BCUT2D eigenvalue weighted by Gasteiger charge is -2.34. The number of benzene rings is 1. The fraction of sp³-hybridized carbons (Fsp3) is 0.421. The molecule has 0 unspecified atom stereocenters. The summed E-state index contributed by atoms with van der Waals surface area (Å²) in [5.41, 5.74) is 1.62. The predicted octanol–water partition coefficient (Wildman–Crippen LogP) is 3.13. The van der Waals surface area contributed by atoms with Gasteiger partial charge in [-0.3, -0.25) is 4.79 Å². The molecule has 130 valence electrons. The van der Waals surface area contributed by atoms with Crippen LogP contribution in [0.25, 0.3) is 11.1 Å². The van der Waals surface area contributed by atoms with Gasteiger partial charge in [-0.05, 0) is 31.9 Å². The second-order valence-electron chi connectivity index (χ2n) is 6.59. The minimum Gasteiger partial charge on any atom is -0.441 e. The van der Waals surface area contributed by atoms with E-state index in [9.17, 15) is 4.79 Å². The highest BCUT2D eigenvalue weighted by Crippen LogP contribution is 2.23. The van der Waals surface area contributed by atoms with Gasteiger partial charge in [0.25, 0.3) is 0 Å². The molecule has 1 atom stereocenters. The summed E-state index contributed by atoms with van der Waals surface area (Å²) in [5, 5.41) is 0. The number of amides is 1. The summed E-state index contributed by atoms with van der Waals surface area (Å²) >= 11 is 0. The van der Waals surface area contributed by atoms with Gasteiger partial charge in [-0.25, -0.2) is 9.97 Å². The number of likely N-dealkylation sites (tertiary alicyclic amines) is 1. The van der Waals surface area contributed by atoms with E-state index in [1.54, 1.807) is 0 Å². The fourth-order valence-electron chi connectivity index (χ4n) is 3.58. The summed E-state index contributed by atoms with van der Waals surface area (Å²) in [5.74, 6) is 1.81. The minimum atomic E-state index is 0.171. The Hall–Kier alpha value is -2.63. The van der Waals surface area contributed by atoms with Gasteiger partial charge in [-0.2, -0.15) is 0 Å². The Morgan fingerprint density at radius 1 is 1.36 bits per heavy atom. The number of aryl methyl sites for hydroxylation is 2. The van der Waals surface area contributed by atoms with Crippen LogP contribution >= 0.6 is 0 Å². The van der Waals surface area contributed by atoms with E-state index in [1.807, 2.05) is 48.5 Å². The molecule has 6 heteroatoms. The number of oxazole rings is 1. The maximum Gasteiger partial charge on any atom is 0.223 e. The molecular weight excluding hydrogens is 316 g/mol. The molecule has 1 fully saturated rings. The number of aromatic nitrogens is 3. The Balaban J connectivity index is 1.38. The van der Waals surface area contributed by atoms with E-state index >= 15 is 0 Å². The summed E-state index contributed by atoms with van der Waals surface area (Å²) in [4.78, 5) is 23.3. The molecule has 0 saturated carbocycles. The maximum absolute atomic E-state index is 12.6.